The van der Waals surface area contributed by atoms with Crippen LogP contribution in [-0.2, 0) is 6.54 Å². The van der Waals surface area contributed by atoms with Gasteiger partial charge in [-0.2, -0.15) is 0 Å². The van der Waals surface area contributed by atoms with E-state index in [-0.39, 0.29) is 0 Å². The van der Waals surface area contributed by atoms with Crippen molar-refractivity contribution in [2.24, 2.45) is 0 Å². The summed E-state index contributed by atoms with van der Waals surface area (Å²) in [6.07, 6.45) is 0. The number of methoxy groups -OCH3 is 1. The van der Waals surface area contributed by atoms with E-state index in [1.54, 1.807) is 19.2 Å². The minimum absolute atomic E-state index is 0.339. The summed E-state index contributed by atoms with van der Waals surface area (Å²) in [6.45, 7) is 4.76. The van der Waals surface area contributed by atoms with Gasteiger partial charge in [0.05, 0.1) is 7.11 Å². The molecule has 1 fully saturated rings. The quantitative estimate of drug-likeness (QED) is 0.941. The molecule has 2 aromatic carbocycles. The van der Waals surface area contributed by atoms with E-state index in [1.807, 2.05) is 12.1 Å². The fraction of sp³-hybridized carbons (Fsp3) is 0.333. The second-order valence-electron chi connectivity index (χ2n) is 5.59. The fourth-order valence-corrected chi connectivity index (χ4v) is 2.86. The minimum Gasteiger partial charge on any atom is -0.508 e. The van der Waals surface area contributed by atoms with Crippen molar-refractivity contribution in [3.63, 3.8) is 0 Å². The maximum Gasteiger partial charge on any atom is 0.120 e. The van der Waals surface area contributed by atoms with Gasteiger partial charge in [0, 0.05) is 44.0 Å². The summed E-state index contributed by atoms with van der Waals surface area (Å²) in [7, 11) is 1.65. The molecule has 0 amide bonds. The minimum atomic E-state index is 0.339. The van der Waals surface area contributed by atoms with E-state index in [0.717, 1.165) is 44.0 Å². The molecular formula is C18H22N2O2. The first kappa shape index (κ1) is 14.7. The first-order chi connectivity index (χ1) is 10.8. The number of piperazine rings is 1. The van der Waals surface area contributed by atoms with Gasteiger partial charge in [-0.05, 0) is 30.3 Å². The molecule has 0 aliphatic carbocycles. The van der Waals surface area contributed by atoms with Gasteiger partial charge in [0.1, 0.15) is 11.5 Å². The number of hydrogen-bond donors (Lipinski definition) is 1. The Bertz CT molecular complexity index is 608. The van der Waals surface area contributed by atoms with Gasteiger partial charge in [-0.25, -0.2) is 0 Å². The molecule has 1 aliphatic heterocycles. The average molecular weight is 298 g/mol. The van der Waals surface area contributed by atoms with Crippen molar-refractivity contribution < 1.29 is 9.84 Å². The van der Waals surface area contributed by atoms with Crippen LogP contribution in [0.5, 0.6) is 11.5 Å². The lowest BCUT2D eigenvalue weighted by Crippen LogP contribution is -2.45. The number of aromatic hydroxyl groups is 1. The third-order valence-electron chi connectivity index (χ3n) is 4.17. The SMILES string of the molecule is COc1ccc(O)c(CN2CCN(c3ccccc3)CC2)c1. The Morgan fingerprint density at radius 2 is 1.73 bits per heavy atom. The number of ether oxygens (including phenoxy) is 1. The van der Waals surface area contributed by atoms with Crippen molar-refractivity contribution in [3.05, 3.63) is 54.1 Å². The molecule has 4 nitrogen and oxygen atoms in total. The third-order valence-corrected chi connectivity index (χ3v) is 4.17. The molecule has 4 heteroatoms. The number of anilines is 1. The van der Waals surface area contributed by atoms with Gasteiger partial charge in [0.15, 0.2) is 0 Å². The summed E-state index contributed by atoms with van der Waals surface area (Å²) in [4.78, 5) is 4.77. The molecule has 22 heavy (non-hydrogen) atoms. The molecule has 116 valence electrons. The van der Waals surface area contributed by atoms with E-state index in [2.05, 4.69) is 34.1 Å². The summed E-state index contributed by atoms with van der Waals surface area (Å²) in [5, 5.41) is 10.00. The molecule has 0 saturated carbocycles. The van der Waals surface area contributed by atoms with Gasteiger partial charge in [-0.1, -0.05) is 18.2 Å². The van der Waals surface area contributed by atoms with E-state index in [0.29, 0.717) is 5.75 Å². The molecule has 1 N–H and O–H groups in total. The van der Waals surface area contributed by atoms with E-state index in [4.69, 9.17) is 4.74 Å². The van der Waals surface area contributed by atoms with Crippen LogP contribution in [0.25, 0.3) is 0 Å². The van der Waals surface area contributed by atoms with Crippen LogP contribution in [0.1, 0.15) is 5.56 Å². The Kier molecular flexibility index (Phi) is 4.49. The molecule has 2 aromatic rings. The number of benzene rings is 2. The van der Waals surface area contributed by atoms with Crippen LogP contribution < -0.4 is 9.64 Å². The van der Waals surface area contributed by atoms with Crippen molar-refractivity contribution in [3.8, 4) is 11.5 Å². The van der Waals surface area contributed by atoms with Crippen LogP contribution in [0, 0.1) is 0 Å². The lowest BCUT2D eigenvalue weighted by molar-refractivity contribution is 0.246. The van der Waals surface area contributed by atoms with Crippen molar-refractivity contribution in [2.45, 2.75) is 6.54 Å². The normalized spacial score (nSPS) is 15.8. The van der Waals surface area contributed by atoms with Crippen LogP contribution in [0.2, 0.25) is 0 Å². The van der Waals surface area contributed by atoms with Crippen molar-refractivity contribution in [2.75, 3.05) is 38.2 Å². The highest BCUT2D eigenvalue weighted by Gasteiger charge is 2.18. The molecule has 0 radical (unpaired) electrons. The number of nitrogens with zero attached hydrogens (tertiary/aromatic N) is 2. The summed E-state index contributed by atoms with van der Waals surface area (Å²) < 4.78 is 5.24. The predicted molar refractivity (Wildman–Crippen MR) is 88.6 cm³/mol. The largest absolute Gasteiger partial charge is 0.508 e. The van der Waals surface area contributed by atoms with Crippen LogP contribution in [0.3, 0.4) is 0 Å². The molecule has 1 saturated heterocycles. The van der Waals surface area contributed by atoms with Crippen LogP contribution in [0.15, 0.2) is 48.5 Å². The first-order valence-corrected chi connectivity index (χ1v) is 7.64. The van der Waals surface area contributed by atoms with Crippen LogP contribution >= 0.6 is 0 Å². The maximum absolute atomic E-state index is 10.00. The number of hydrogen-bond acceptors (Lipinski definition) is 4. The summed E-state index contributed by atoms with van der Waals surface area (Å²) in [6, 6.07) is 15.9. The van der Waals surface area contributed by atoms with Crippen molar-refractivity contribution in [1.82, 2.24) is 4.90 Å². The van der Waals surface area contributed by atoms with Crippen LogP contribution in [-0.4, -0.2) is 43.3 Å². The average Bonchev–Trinajstić information content (AvgIpc) is 2.58. The van der Waals surface area contributed by atoms with E-state index in [1.165, 1.54) is 5.69 Å². The lowest BCUT2D eigenvalue weighted by Gasteiger charge is -2.36. The summed E-state index contributed by atoms with van der Waals surface area (Å²) >= 11 is 0. The first-order valence-electron chi connectivity index (χ1n) is 7.64. The number of para-hydroxylation sites is 1. The van der Waals surface area contributed by atoms with Gasteiger partial charge in [-0.15, -0.1) is 0 Å². The number of phenolic OH excluding ortho intramolecular Hbond substituents is 1. The monoisotopic (exact) mass is 298 g/mol. The molecular weight excluding hydrogens is 276 g/mol. The predicted octanol–water partition coefficient (Wildman–Crippen LogP) is 2.72. The lowest BCUT2D eigenvalue weighted by atomic mass is 10.1. The summed E-state index contributed by atoms with van der Waals surface area (Å²) in [5.74, 6) is 1.13. The highest BCUT2D eigenvalue weighted by Crippen LogP contribution is 2.25. The van der Waals surface area contributed by atoms with Gasteiger partial charge in [0.2, 0.25) is 0 Å². The van der Waals surface area contributed by atoms with E-state index in [9.17, 15) is 5.11 Å². The zero-order valence-electron chi connectivity index (χ0n) is 12.9. The standard InChI is InChI=1S/C18H22N2O2/c1-22-17-7-8-18(21)15(13-17)14-19-9-11-20(12-10-19)16-5-3-2-4-6-16/h2-8,13,21H,9-12,14H2,1H3. The Hall–Kier alpha value is -2.20. The van der Waals surface area contributed by atoms with Gasteiger partial charge >= 0.3 is 0 Å². The summed E-state index contributed by atoms with van der Waals surface area (Å²) in [5.41, 5.74) is 2.21. The van der Waals surface area contributed by atoms with Gasteiger partial charge in [-0.3, -0.25) is 4.90 Å². The zero-order chi connectivity index (χ0) is 15.4. The third kappa shape index (κ3) is 3.34. The molecule has 1 heterocycles. The number of phenols is 1. The zero-order valence-corrected chi connectivity index (χ0v) is 12.9. The Morgan fingerprint density at radius 1 is 1.00 bits per heavy atom. The molecule has 3 rings (SSSR count). The second-order valence-corrected chi connectivity index (χ2v) is 5.59. The Balaban J connectivity index is 1.60. The smallest absolute Gasteiger partial charge is 0.120 e. The van der Waals surface area contributed by atoms with Gasteiger partial charge in [0.25, 0.3) is 0 Å². The Labute approximate surface area is 131 Å². The van der Waals surface area contributed by atoms with Gasteiger partial charge < -0.3 is 14.7 Å². The molecule has 0 spiro atoms. The topological polar surface area (TPSA) is 35.9 Å². The van der Waals surface area contributed by atoms with E-state index >= 15 is 0 Å². The molecule has 0 unspecified atom stereocenters. The van der Waals surface area contributed by atoms with Crippen molar-refractivity contribution >= 4 is 5.69 Å². The van der Waals surface area contributed by atoms with E-state index < -0.39 is 0 Å². The molecule has 1 aliphatic rings. The second kappa shape index (κ2) is 6.71. The molecule has 0 atom stereocenters. The Morgan fingerprint density at radius 3 is 2.41 bits per heavy atom. The molecule has 0 aromatic heterocycles. The van der Waals surface area contributed by atoms with Crippen LogP contribution in [0.4, 0.5) is 5.69 Å². The highest BCUT2D eigenvalue weighted by atomic mass is 16.5. The van der Waals surface area contributed by atoms with Crippen molar-refractivity contribution in [1.29, 1.82) is 0 Å². The fourth-order valence-electron chi connectivity index (χ4n) is 2.86. The highest BCUT2D eigenvalue weighted by molar-refractivity contribution is 5.46. The number of rotatable bonds is 4. The maximum atomic E-state index is 10.00. The molecule has 0 bridgehead atoms.